The summed E-state index contributed by atoms with van der Waals surface area (Å²) in [5.74, 6) is 0.459. The lowest BCUT2D eigenvalue weighted by Crippen LogP contribution is -1.99. The molecular weight excluding hydrogens is 232 g/mol. The van der Waals surface area contributed by atoms with Gasteiger partial charge in [0.1, 0.15) is 0 Å². The van der Waals surface area contributed by atoms with Crippen molar-refractivity contribution in [1.29, 1.82) is 0 Å². The fraction of sp³-hybridized carbons (Fsp3) is 0.357. The molecule has 0 heterocycles. The second-order valence-electron chi connectivity index (χ2n) is 4.23. The minimum Gasteiger partial charge on any atom is -0.493 e. The van der Waals surface area contributed by atoms with Crippen molar-refractivity contribution in [1.82, 2.24) is 0 Å². The number of ether oxygens (including phenoxy) is 2. The van der Waals surface area contributed by atoms with Crippen molar-refractivity contribution in [3.8, 4) is 11.5 Å². The Hall–Kier alpha value is -1.97. The minimum atomic E-state index is -0.849. The minimum absolute atomic E-state index is 0.445. The summed E-state index contributed by atoms with van der Waals surface area (Å²) in [5, 5.41) is 9.09. The molecule has 0 unspecified atom stereocenters. The lowest BCUT2D eigenvalue weighted by molar-refractivity contribution is -0.132. The van der Waals surface area contributed by atoms with Crippen LogP contribution in [0.15, 0.2) is 17.7 Å². The number of aliphatic carboxylic acids is 1. The van der Waals surface area contributed by atoms with Crippen LogP contribution in [-0.2, 0) is 11.2 Å². The van der Waals surface area contributed by atoms with E-state index in [1.54, 1.807) is 20.3 Å². The first-order valence-electron chi connectivity index (χ1n) is 5.84. The molecule has 0 atom stereocenters. The standard InChI is InChI=1S/C14H16O4/c1-17-12-7-9-4-3-5-10(14(15)16)6-11(9)8-13(12)18-2/h6-8H,3-5H2,1-2H3,(H,15,16). The Morgan fingerprint density at radius 1 is 1.17 bits per heavy atom. The zero-order valence-corrected chi connectivity index (χ0v) is 10.5. The van der Waals surface area contributed by atoms with Crippen LogP contribution in [-0.4, -0.2) is 25.3 Å². The SMILES string of the molecule is COc1cc2c(cc1OC)CCCC(C(=O)O)=C2. The van der Waals surface area contributed by atoms with Crippen molar-refractivity contribution >= 4 is 12.0 Å². The van der Waals surface area contributed by atoms with Gasteiger partial charge in [0.15, 0.2) is 11.5 Å². The molecule has 0 aromatic heterocycles. The highest BCUT2D eigenvalue weighted by Crippen LogP contribution is 2.34. The monoisotopic (exact) mass is 248 g/mol. The average molecular weight is 248 g/mol. The Balaban J connectivity index is 2.52. The number of aryl methyl sites for hydroxylation is 1. The first kappa shape index (κ1) is 12.5. The van der Waals surface area contributed by atoms with Gasteiger partial charge in [-0.1, -0.05) is 0 Å². The van der Waals surface area contributed by atoms with E-state index in [1.165, 1.54) is 0 Å². The number of carboxylic acids is 1. The molecule has 0 aliphatic heterocycles. The van der Waals surface area contributed by atoms with E-state index in [0.717, 1.165) is 24.0 Å². The maximum absolute atomic E-state index is 11.1. The molecule has 0 radical (unpaired) electrons. The fourth-order valence-corrected chi connectivity index (χ4v) is 2.19. The third-order valence-corrected chi connectivity index (χ3v) is 3.14. The summed E-state index contributed by atoms with van der Waals surface area (Å²) in [5.41, 5.74) is 2.45. The summed E-state index contributed by atoms with van der Waals surface area (Å²) < 4.78 is 10.5. The van der Waals surface area contributed by atoms with Crippen molar-refractivity contribution in [3.63, 3.8) is 0 Å². The van der Waals surface area contributed by atoms with E-state index < -0.39 is 5.97 Å². The highest BCUT2D eigenvalue weighted by atomic mass is 16.5. The average Bonchev–Trinajstić information content (AvgIpc) is 2.58. The third kappa shape index (κ3) is 2.32. The van der Waals surface area contributed by atoms with Gasteiger partial charge in [-0.05, 0) is 48.6 Å². The van der Waals surface area contributed by atoms with E-state index >= 15 is 0 Å². The largest absolute Gasteiger partial charge is 0.493 e. The molecule has 1 N–H and O–H groups in total. The molecule has 1 aromatic rings. The third-order valence-electron chi connectivity index (χ3n) is 3.14. The molecule has 4 heteroatoms. The molecule has 96 valence electrons. The van der Waals surface area contributed by atoms with E-state index in [9.17, 15) is 4.79 Å². The van der Waals surface area contributed by atoms with E-state index in [-0.39, 0.29) is 0 Å². The van der Waals surface area contributed by atoms with Gasteiger partial charge in [-0.3, -0.25) is 0 Å². The summed E-state index contributed by atoms with van der Waals surface area (Å²) in [6.45, 7) is 0. The lowest BCUT2D eigenvalue weighted by Gasteiger charge is -2.11. The topological polar surface area (TPSA) is 55.8 Å². The maximum Gasteiger partial charge on any atom is 0.331 e. The molecule has 0 saturated carbocycles. The number of benzene rings is 1. The Kier molecular flexibility index (Phi) is 3.55. The smallest absolute Gasteiger partial charge is 0.331 e. The molecule has 4 nitrogen and oxygen atoms in total. The Labute approximate surface area is 106 Å². The predicted molar refractivity (Wildman–Crippen MR) is 68.1 cm³/mol. The summed E-state index contributed by atoms with van der Waals surface area (Å²) in [6, 6.07) is 3.76. The van der Waals surface area contributed by atoms with Gasteiger partial charge >= 0.3 is 5.97 Å². The van der Waals surface area contributed by atoms with Gasteiger partial charge < -0.3 is 14.6 Å². The van der Waals surface area contributed by atoms with Crippen LogP contribution in [0.4, 0.5) is 0 Å². The van der Waals surface area contributed by atoms with Crippen LogP contribution < -0.4 is 9.47 Å². The van der Waals surface area contributed by atoms with E-state index in [4.69, 9.17) is 14.6 Å². The van der Waals surface area contributed by atoms with Gasteiger partial charge in [-0.2, -0.15) is 0 Å². The van der Waals surface area contributed by atoms with Gasteiger partial charge in [0, 0.05) is 5.57 Å². The molecule has 0 fully saturated rings. The molecule has 0 spiro atoms. The van der Waals surface area contributed by atoms with Crippen molar-refractivity contribution in [2.75, 3.05) is 14.2 Å². The van der Waals surface area contributed by atoms with Crippen LogP contribution in [0, 0.1) is 0 Å². The Morgan fingerprint density at radius 2 is 1.83 bits per heavy atom. The zero-order chi connectivity index (χ0) is 13.1. The molecule has 1 aliphatic rings. The van der Waals surface area contributed by atoms with Crippen LogP contribution in [0.3, 0.4) is 0 Å². The van der Waals surface area contributed by atoms with Gasteiger partial charge in [-0.25, -0.2) is 4.79 Å². The highest BCUT2D eigenvalue weighted by Gasteiger charge is 2.16. The van der Waals surface area contributed by atoms with Crippen LogP contribution >= 0.6 is 0 Å². The number of fused-ring (bicyclic) bond motifs is 1. The zero-order valence-electron chi connectivity index (χ0n) is 10.5. The van der Waals surface area contributed by atoms with E-state index in [2.05, 4.69) is 0 Å². The molecule has 0 bridgehead atoms. The fourth-order valence-electron chi connectivity index (χ4n) is 2.19. The molecule has 1 aromatic carbocycles. The van der Waals surface area contributed by atoms with Gasteiger partial charge in [-0.15, -0.1) is 0 Å². The quantitative estimate of drug-likeness (QED) is 0.893. The summed E-state index contributed by atoms with van der Waals surface area (Å²) in [4.78, 5) is 11.1. The van der Waals surface area contributed by atoms with Crippen molar-refractivity contribution in [3.05, 3.63) is 28.8 Å². The second-order valence-corrected chi connectivity index (χ2v) is 4.23. The molecule has 0 saturated heterocycles. The second kappa shape index (κ2) is 5.12. The van der Waals surface area contributed by atoms with Gasteiger partial charge in [0.05, 0.1) is 14.2 Å². The number of methoxy groups -OCH3 is 2. The summed E-state index contributed by atoms with van der Waals surface area (Å²) in [6.07, 6.45) is 4.00. The first-order valence-corrected chi connectivity index (χ1v) is 5.84. The van der Waals surface area contributed by atoms with Crippen LogP contribution in [0.25, 0.3) is 6.08 Å². The summed E-state index contributed by atoms with van der Waals surface area (Å²) >= 11 is 0. The summed E-state index contributed by atoms with van der Waals surface area (Å²) in [7, 11) is 3.17. The van der Waals surface area contributed by atoms with Gasteiger partial charge in [0.25, 0.3) is 0 Å². The van der Waals surface area contributed by atoms with E-state index in [0.29, 0.717) is 23.5 Å². The predicted octanol–water partition coefficient (Wildman–Crippen LogP) is 2.51. The van der Waals surface area contributed by atoms with Crippen LogP contribution in [0.2, 0.25) is 0 Å². The molecular formula is C14H16O4. The van der Waals surface area contributed by atoms with E-state index in [1.807, 2.05) is 12.1 Å². The van der Waals surface area contributed by atoms with Crippen LogP contribution in [0.1, 0.15) is 24.0 Å². The lowest BCUT2D eigenvalue weighted by atomic mass is 10.0. The number of carboxylic acid groups (broad SMARTS) is 1. The van der Waals surface area contributed by atoms with Crippen molar-refractivity contribution in [2.45, 2.75) is 19.3 Å². The number of hydrogen-bond acceptors (Lipinski definition) is 3. The number of carbonyl (C=O) groups is 1. The highest BCUT2D eigenvalue weighted by molar-refractivity contribution is 5.92. The maximum atomic E-state index is 11.1. The van der Waals surface area contributed by atoms with Crippen molar-refractivity contribution in [2.24, 2.45) is 0 Å². The van der Waals surface area contributed by atoms with Crippen molar-refractivity contribution < 1.29 is 19.4 Å². The Bertz CT molecular complexity index is 503. The van der Waals surface area contributed by atoms with Gasteiger partial charge in [0.2, 0.25) is 0 Å². The number of hydrogen-bond donors (Lipinski definition) is 1. The molecule has 18 heavy (non-hydrogen) atoms. The first-order chi connectivity index (χ1) is 8.65. The molecule has 2 rings (SSSR count). The molecule has 0 amide bonds. The number of rotatable bonds is 3. The molecule has 1 aliphatic carbocycles. The normalized spacial score (nSPS) is 14.2. The Morgan fingerprint density at radius 3 is 2.44 bits per heavy atom. The van der Waals surface area contributed by atoms with Crippen LogP contribution in [0.5, 0.6) is 11.5 Å².